The van der Waals surface area contributed by atoms with E-state index in [9.17, 15) is 9.59 Å². The molecule has 2 fully saturated rings. The average Bonchev–Trinajstić information content (AvgIpc) is 3.08. The fraction of sp³-hybridized carbons (Fsp3) is 0.409. The van der Waals surface area contributed by atoms with Gasteiger partial charge in [-0.05, 0) is 11.6 Å². The normalized spacial score (nSPS) is 19.9. The number of amides is 2. The Bertz CT molecular complexity index is 835. The van der Waals surface area contributed by atoms with Crippen LogP contribution < -0.4 is 10.1 Å². The number of carbonyl (C=O) groups excluding carboxylic acids is 2. The molecule has 0 radical (unpaired) electrons. The van der Waals surface area contributed by atoms with E-state index in [0.29, 0.717) is 44.2 Å². The molecule has 7 heteroatoms. The molecule has 7 nitrogen and oxygen atoms in total. The zero-order valence-electron chi connectivity index (χ0n) is 16.3. The van der Waals surface area contributed by atoms with Crippen molar-refractivity contribution in [2.75, 3.05) is 19.8 Å². The molecule has 2 aliphatic rings. The number of ether oxygens (including phenoxy) is 2. The van der Waals surface area contributed by atoms with Crippen LogP contribution in [0.5, 0.6) is 5.88 Å². The van der Waals surface area contributed by atoms with Crippen molar-refractivity contribution in [2.45, 2.75) is 38.0 Å². The van der Waals surface area contributed by atoms with E-state index < -0.39 is 0 Å². The second-order valence-electron chi connectivity index (χ2n) is 7.45. The third-order valence-electron chi connectivity index (χ3n) is 5.22. The van der Waals surface area contributed by atoms with Gasteiger partial charge in [0.05, 0.1) is 24.8 Å². The van der Waals surface area contributed by atoms with Crippen molar-refractivity contribution in [2.24, 2.45) is 0 Å². The van der Waals surface area contributed by atoms with Gasteiger partial charge in [-0.25, -0.2) is 4.98 Å². The minimum absolute atomic E-state index is 0.0532. The van der Waals surface area contributed by atoms with Gasteiger partial charge in [0, 0.05) is 44.6 Å². The Morgan fingerprint density at radius 1 is 1.17 bits per heavy atom. The molecule has 152 valence electrons. The van der Waals surface area contributed by atoms with Crippen LogP contribution in [0.3, 0.4) is 0 Å². The molecule has 1 aromatic heterocycles. The second-order valence-corrected chi connectivity index (χ2v) is 7.45. The van der Waals surface area contributed by atoms with Crippen molar-refractivity contribution in [3.8, 4) is 5.88 Å². The van der Waals surface area contributed by atoms with Crippen LogP contribution in [0.4, 0.5) is 0 Å². The van der Waals surface area contributed by atoms with Crippen LogP contribution in [0.2, 0.25) is 0 Å². The molecule has 29 heavy (non-hydrogen) atoms. The van der Waals surface area contributed by atoms with E-state index in [1.807, 2.05) is 30.3 Å². The number of nitrogens with one attached hydrogen (secondary N) is 1. The Kier molecular flexibility index (Phi) is 6.05. The summed E-state index contributed by atoms with van der Waals surface area (Å²) < 4.78 is 11.2. The van der Waals surface area contributed by atoms with E-state index >= 15 is 0 Å². The standard InChI is InChI=1S/C22H25N3O4/c26-21-12-18(15-25(21)14-16-4-2-1-3-5-16)24-22(27)17-6-7-20(23-13-17)29-19-8-10-28-11-9-19/h1-7,13,18-19H,8-12,14-15H2,(H,24,27). The largest absolute Gasteiger partial charge is 0.474 e. The molecular weight excluding hydrogens is 370 g/mol. The minimum atomic E-state index is -0.227. The van der Waals surface area contributed by atoms with Gasteiger partial charge in [-0.15, -0.1) is 0 Å². The number of nitrogens with zero attached hydrogens (tertiary/aromatic N) is 2. The quantitative estimate of drug-likeness (QED) is 0.811. The van der Waals surface area contributed by atoms with Gasteiger partial charge in [-0.3, -0.25) is 9.59 Å². The number of hydrogen-bond donors (Lipinski definition) is 1. The molecule has 3 heterocycles. The lowest BCUT2D eigenvalue weighted by atomic mass is 10.1. The maximum absolute atomic E-state index is 12.5. The molecule has 0 bridgehead atoms. The summed E-state index contributed by atoms with van der Waals surface area (Å²) in [4.78, 5) is 30.8. The molecule has 1 N–H and O–H groups in total. The van der Waals surface area contributed by atoms with Crippen LogP contribution in [0, 0.1) is 0 Å². The topological polar surface area (TPSA) is 80.8 Å². The van der Waals surface area contributed by atoms with Gasteiger partial charge in [0.1, 0.15) is 6.10 Å². The number of aromatic nitrogens is 1. The van der Waals surface area contributed by atoms with Crippen LogP contribution in [0.15, 0.2) is 48.7 Å². The first-order chi connectivity index (χ1) is 14.2. The van der Waals surface area contributed by atoms with E-state index in [1.54, 1.807) is 17.0 Å². The first kappa shape index (κ1) is 19.4. The van der Waals surface area contributed by atoms with Crippen molar-refractivity contribution in [1.82, 2.24) is 15.2 Å². The highest BCUT2D eigenvalue weighted by atomic mass is 16.5. The molecule has 1 atom stereocenters. The van der Waals surface area contributed by atoms with E-state index in [1.165, 1.54) is 6.20 Å². The van der Waals surface area contributed by atoms with Gasteiger partial charge < -0.3 is 19.7 Å². The molecule has 0 aliphatic carbocycles. The number of carbonyl (C=O) groups is 2. The highest BCUT2D eigenvalue weighted by Gasteiger charge is 2.30. The highest BCUT2D eigenvalue weighted by molar-refractivity contribution is 5.94. The molecule has 1 aromatic carbocycles. The van der Waals surface area contributed by atoms with Crippen LogP contribution in [0.25, 0.3) is 0 Å². The first-order valence-electron chi connectivity index (χ1n) is 10.0. The fourth-order valence-electron chi connectivity index (χ4n) is 3.64. The summed E-state index contributed by atoms with van der Waals surface area (Å²) in [7, 11) is 0. The monoisotopic (exact) mass is 395 g/mol. The summed E-state index contributed by atoms with van der Waals surface area (Å²) in [6.45, 7) is 2.47. The lowest BCUT2D eigenvalue weighted by Crippen LogP contribution is -2.37. The zero-order valence-corrected chi connectivity index (χ0v) is 16.3. The number of pyridine rings is 1. The predicted octanol–water partition coefficient (Wildman–Crippen LogP) is 2.17. The summed E-state index contributed by atoms with van der Waals surface area (Å²) in [5.41, 5.74) is 1.54. The number of hydrogen-bond acceptors (Lipinski definition) is 5. The third kappa shape index (κ3) is 5.12. The summed E-state index contributed by atoms with van der Waals surface area (Å²) in [5, 5.41) is 2.94. The van der Waals surface area contributed by atoms with Crippen LogP contribution in [0.1, 0.15) is 35.2 Å². The van der Waals surface area contributed by atoms with Crippen LogP contribution in [-0.2, 0) is 16.1 Å². The maximum atomic E-state index is 12.5. The fourth-order valence-corrected chi connectivity index (χ4v) is 3.64. The Hall–Kier alpha value is -2.93. The van der Waals surface area contributed by atoms with Gasteiger partial charge in [0.15, 0.2) is 0 Å². The molecule has 2 aromatic rings. The summed E-state index contributed by atoms with van der Waals surface area (Å²) in [5.74, 6) is 0.338. The Labute approximate surface area is 170 Å². The van der Waals surface area contributed by atoms with Gasteiger partial charge in [0.25, 0.3) is 5.91 Å². The SMILES string of the molecule is O=C(NC1CC(=O)N(Cc2ccccc2)C1)c1ccc(OC2CCOCC2)nc1. The third-order valence-corrected chi connectivity index (χ3v) is 5.22. The summed E-state index contributed by atoms with van der Waals surface area (Å²) >= 11 is 0. The van der Waals surface area contributed by atoms with Crippen LogP contribution in [-0.4, -0.2) is 53.6 Å². The molecule has 0 spiro atoms. The van der Waals surface area contributed by atoms with Gasteiger partial charge in [-0.1, -0.05) is 30.3 Å². The molecule has 4 rings (SSSR count). The molecular formula is C22H25N3O4. The smallest absolute Gasteiger partial charge is 0.253 e. The molecule has 2 aliphatic heterocycles. The van der Waals surface area contributed by atoms with Gasteiger partial charge in [0.2, 0.25) is 11.8 Å². The average molecular weight is 395 g/mol. The van der Waals surface area contributed by atoms with Crippen molar-refractivity contribution in [1.29, 1.82) is 0 Å². The number of benzene rings is 1. The Balaban J connectivity index is 1.29. The maximum Gasteiger partial charge on any atom is 0.253 e. The molecule has 2 amide bonds. The van der Waals surface area contributed by atoms with Gasteiger partial charge in [-0.2, -0.15) is 0 Å². The molecule has 0 saturated carbocycles. The minimum Gasteiger partial charge on any atom is -0.474 e. The lowest BCUT2D eigenvalue weighted by Gasteiger charge is -2.22. The molecule has 1 unspecified atom stereocenters. The van der Waals surface area contributed by atoms with Crippen molar-refractivity contribution >= 4 is 11.8 Å². The van der Waals surface area contributed by atoms with Crippen molar-refractivity contribution < 1.29 is 19.1 Å². The molecule has 2 saturated heterocycles. The van der Waals surface area contributed by atoms with Crippen molar-refractivity contribution in [3.05, 3.63) is 59.8 Å². The van der Waals surface area contributed by atoms with Gasteiger partial charge >= 0.3 is 0 Å². The van der Waals surface area contributed by atoms with Crippen molar-refractivity contribution in [3.63, 3.8) is 0 Å². The summed E-state index contributed by atoms with van der Waals surface area (Å²) in [6.07, 6.45) is 3.63. The first-order valence-corrected chi connectivity index (χ1v) is 10.0. The Morgan fingerprint density at radius 2 is 1.97 bits per heavy atom. The number of likely N-dealkylation sites (tertiary alicyclic amines) is 1. The number of rotatable bonds is 6. The van der Waals surface area contributed by atoms with E-state index in [4.69, 9.17) is 9.47 Å². The van der Waals surface area contributed by atoms with E-state index in [-0.39, 0.29) is 24.0 Å². The van der Waals surface area contributed by atoms with Crippen LogP contribution >= 0.6 is 0 Å². The lowest BCUT2D eigenvalue weighted by molar-refractivity contribution is -0.128. The van der Waals surface area contributed by atoms with E-state index in [0.717, 1.165) is 18.4 Å². The highest BCUT2D eigenvalue weighted by Crippen LogP contribution is 2.18. The van der Waals surface area contributed by atoms with E-state index in [2.05, 4.69) is 10.3 Å². The second kappa shape index (κ2) is 9.05. The predicted molar refractivity (Wildman–Crippen MR) is 106 cm³/mol. The summed E-state index contributed by atoms with van der Waals surface area (Å²) in [6, 6.07) is 13.1. The zero-order chi connectivity index (χ0) is 20.1. The Morgan fingerprint density at radius 3 is 2.69 bits per heavy atom.